The van der Waals surface area contributed by atoms with Gasteiger partial charge in [0.1, 0.15) is 0 Å². The average Bonchev–Trinajstić information content (AvgIpc) is 2.88. The SMILES string of the molecule is CNCCCc1cnn(-c2ccc([N+](=O)[O-])cc2)c1. The van der Waals surface area contributed by atoms with E-state index in [1.54, 1.807) is 16.8 Å². The lowest BCUT2D eigenvalue weighted by molar-refractivity contribution is -0.384. The Morgan fingerprint density at radius 3 is 2.74 bits per heavy atom. The van der Waals surface area contributed by atoms with Gasteiger partial charge in [0, 0.05) is 18.3 Å². The first-order chi connectivity index (χ1) is 9.20. The Labute approximate surface area is 111 Å². The maximum atomic E-state index is 10.6. The van der Waals surface area contributed by atoms with E-state index < -0.39 is 4.92 Å². The smallest absolute Gasteiger partial charge is 0.269 e. The first-order valence-electron chi connectivity index (χ1n) is 6.13. The molecule has 0 aliphatic carbocycles. The van der Waals surface area contributed by atoms with E-state index in [4.69, 9.17) is 0 Å². The molecule has 0 unspecified atom stereocenters. The van der Waals surface area contributed by atoms with Crippen molar-refractivity contribution < 1.29 is 4.92 Å². The Morgan fingerprint density at radius 1 is 1.37 bits per heavy atom. The highest BCUT2D eigenvalue weighted by molar-refractivity contribution is 5.40. The Morgan fingerprint density at radius 2 is 2.11 bits per heavy atom. The van der Waals surface area contributed by atoms with Crippen LogP contribution in [0.15, 0.2) is 36.7 Å². The Kier molecular flexibility index (Phi) is 4.25. The van der Waals surface area contributed by atoms with Crippen LogP contribution in [-0.4, -0.2) is 28.3 Å². The normalized spacial score (nSPS) is 10.6. The molecule has 1 N–H and O–H groups in total. The maximum absolute atomic E-state index is 10.6. The van der Waals surface area contributed by atoms with Gasteiger partial charge in [0.15, 0.2) is 0 Å². The molecule has 2 aromatic rings. The fourth-order valence-corrected chi connectivity index (χ4v) is 1.83. The number of nitrogens with zero attached hydrogens (tertiary/aromatic N) is 3. The van der Waals surface area contributed by atoms with Crippen LogP contribution in [0.5, 0.6) is 0 Å². The minimum Gasteiger partial charge on any atom is -0.320 e. The number of nitro benzene ring substituents is 1. The molecule has 0 saturated carbocycles. The van der Waals surface area contributed by atoms with Gasteiger partial charge in [-0.25, -0.2) is 4.68 Å². The van der Waals surface area contributed by atoms with Crippen LogP contribution in [0.1, 0.15) is 12.0 Å². The third-order valence-corrected chi connectivity index (χ3v) is 2.85. The summed E-state index contributed by atoms with van der Waals surface area (Å²) in [6, 6.07) is 6.36. The minimum atomic E-state index is -0.407. The summed E-state index contributed by atoms with van der Waals surface area (Å²) < 4.78 is 1.73. The number of rotatable bonds is 6. The zero-order valence-electron chi connectivity index (χ0n) is 10.7. The van der Waals surface area contributed by atoms with E-state index in [1.807, 2.05) is 19.4 Å². The van der Waals surface area contributed by atoms with Crippen molar-refractivity contribution >= 4 is 5.69 Å². The topological polar surface area (TPSA) is 73.0 Å². The molecular weight excluding hydrogens is 244 g/mol. The molecule has 19 heavy (non-hydrogen) atoms. The zero-order valence-corrected chi connectivity index (χ0v) is 10.7. The number of hydrogen-bond acceptors (Lipinski definition) is 4. The fourth-order valence-electron chi connectivity index (χ4n) is 1.83. The van der Waals surface area contributed by atoms with Gasteiger partial charge in [-0.3, -0.25) is 10.1 Å². The van der Waals surface area contributed by atoms with Crippen LogP contribution in [0.3, 0.4) is 0 Å². The molecule has 0 spiro atoms. The first kappa shape index (κ1) is 13.2. The van der Waals surface area contributed by atoms with E-state index in [-0.39, 0.29) is 5.69 Å². The third-order valence-electron chi connectivity index (χ3n) is 2.85. The van der Waals surface area contributed by atoms with Crippen LogP contribution >= 0.6 is 0 Å². The number of non-ortho nitro benzene ring substituents is 1. The van der Waals surface area contributed by atoms with Crippen LogP contribution in [0.4, 0.5) is 5.69 Å². The maximum Gasteiger partial charge on any atom is 0.269 e. The molecule has 1 aromatic heterocycles. The van der Waals surface area contributed by atoms with Crippen molar-refractivity contribution in [2.24, 2.45) is 0 Å². The summed E-state index contributed by atoms with van der Waals surface area (Å²) in [5.41, 5.74) is 2.07. The molecule has 0 radical (unpaired) electrons. The number of aryl methyl sites for hydroxylation is 1. The van der Waals surface area contributed by atoms with Gasteiger partial charge in [0.05, 0.1) is 16.8 Å². The van der Waals surface area contributed by atoms with Gasteiger partial charge in [0.25, 0.3) is 5.69 Å². The Hall–Kier alpha value is -2.21. The monoisotopic (exact) mass is 260 g/mol. The van der Waals surface area contributed by atoms with E-state index in [2.05, 4.69) is 10.4 Å². The lowest BCUT2D eigenvalue weighted by Gasteiger charge is -2.00. The second-order valence-corrected chi connectivity index (χ2v) is 4.27. The molecule has 0 atom stereocenters. The quantitative estimate of drug-likeness (QED) is 0.489. The van der Waals surface area contributed by atoms with Gasteiger partial charge in [-0.05, 0) is 44.1 Å². The summed E-state index contributed by atoms with van der Waals surface area (Å²) in [5, 5.41) is 17.9. The summed E-state index contributed by atoms with van der Waals surface area (Å²) in [7, 11) is 1.93. The molecule has 0 fully saturated rings. The Bertz CT molecular complexity index is 548. The highest BCUT2D eigenvalue weighted by Gasteiger charge is 2.06. The Balaban J connectivity index is 2.07. The molecule has 0 aliphatic rings. The summed E-state index contributed by atoms with van der Waals surface area (Å²) in [6.45, 7) is 0.975. The molecule has 0 bridgehead atoms. The lowest BCUT2D eigenvalue weighted by Crippen LogP contribution is -2.08. The molecule has 100 valence electrons. The van der Waals surface area contributed by atoms with Crippen LogP contribution in [0.2, 0.25) is 0 Å². The zero-order chi connectivity index (χ0) is 13.7. The number of benzene rings is 1. The van der Waals surface area contributed by atoms with E-state index in [0.29, 0.717) is 0 Å². The molecule has 0 amide bonds. The predicted molar refractivity (Wildman–Crippen MR) is 72.5 cm³/mol. The predicted octanol–water partition coefficient (Wildman–Crippen LogP) is 1.93. The standard InChI is InChI=1S/C13H16N4O2/c1-14-8-2-3-11-9-15-16(10-11)12-4-6-13(7-5-12)17(18)19/h4-7,9-10,14H,2-3,8H2,1H3. The second kappa shape index (κ2) is 6.10. The lowest BCUT2D eigenvalue weighted by atomic mass is 10.2. The fraction of sp³-hybridized carbons (Fsp3) is 0.308. The summed E-state index contributed by atoms with van der Waals surface area (Å²) in [6.07, 6.45) is 5.81. The van der Waals surface area contributed by atoms with Crippen molar-refractivity contribution in [3.63, 3.8) is 0 Å². The molecular formula is C13H16N4O2. The van der Waals surface area contributed by atoms with Gasteiger partial charge in [-0.15, -0.1) is 0 Å². The number of aromatic nitrogens is 2. The highest BCUT2D eigenvalue weighted by atomic mass is 16.6. The van der Waals surface area contributed by atoms with Crippen LogP contribution in [0, 0.1) is 10.1 Å². The molecule has 6 nitrogen and oxygen atoms in total. The molecule has 1 heterocycles. The van der Waals surface area contributed by atoms with Gasteiger partial charge in [-0.2, -0.15) is 5.10 Å². The third kappa shape index (κ3) is 3.38. The van der Waals surface area contributed by atoms with Crippen LogP contribution in [0.25, 0.3) is 5.69 Å². The van der Waals surface area contributed by atoms with Gasteiger partial charge in [-0.1, -0.05) is 0 Å². The average molecular weight is 260 g/mol. The van der Waals surface area contributed by atoms with Crippen molar-refractivity contribution in [3.05, 3.63) is 52.3 Å². The molecule has 2 rings (SSSR count). The summed E-state index contributed by atoms with van der Waals surface area (Å²) in [4.78, 5) is 10.2. The number of nitrogens with one attached hydrogen (secondary N) is 1. The summed E-state index contributed by atoms with van der Waals surface area (Å²) in [5.74, 6) is 0. The van der Waals surface area contributed by atoms with E-state index in [0.717, 1.165) is 30.6 Å². The van der Waals surface area contributed by atoms with E-state index in [9.17, 15) is 10.1 Å². The van der Waals surface area contributed by atoms with Crippen molar-refractivity contribution in [3.8, 4) is 5.69 Å². The highest BCUT2D eigenvalue weighted by Crippen LogP contribution is 2.15. The molecule has 1 aromatic carbocycles. The van der Waals surface area contributed by atoms with E-state index >= 15 is 0 Å². The molecule has 0 aliphatic heterocycles. The van der Waals surface area contributed by atoms with Gasteiger partial charge < -0.3 is 5.32 Å². The largest absolute Gasteiger partial charge is 0.320 e. The van der Waals surface area contributed by atoms with Gasteiger partial charge >= 0.3 is 0 Å². The van der Waals surface area contributed by atoms with E-state index in [1.165, 1.54) is 12.1 Å². The van der Waals surface area contributed by atoms with Crippen molar-refractivity contribution in [1.29, 1.82) is 0 Å². The van der Waals surface area contributed by atoms with Gasteiger partial charge in [0.2, 0.25) is 0 Å². The number of hydrogen-bond donors (Lipinski definition) is 1. The molecule has 0 saturated heterocycles. The van der Waals surface area contributed by atoms with Crippen molar-refractivity contribution in [1.82, 2.24) is 15.1 Å². The summed E-state index contributed by atoms with van der Waals surface area (Å²) >= 11 is 0. The van der Waals surface area contributed by atoms with Crippen LogP contribution < -0.4 is 5.32 Å². The van der Waals surface area contributed by atoms with Crippen molar-refractivity contribution in [2.45, 2.75) is 12.8 Å². The number of nitro groups is 1. The second-order valence-electron chi connectivity index (χ2n) is 4.27. The molecule has 6 heteroatoms. The van der Waals surface area contributed by atoms with Crippen LogP contribution in [-0.2, 0) is 6.42 Å². The van der Waals surface area contributed by atoms with Crippen molar-refractivity contribution in [2.75, 3.05) is 13.6 Å². The first-order valence-corrected chi connectivity index (χ1v) is 6.13. The minimum absolute atomic E-state index is 0.0881.